The Morgan fingerprint density at radius 2 is 1.82 bits per heavy atom. The van der Waals surface area contributed by atoms with E-state index in [0.717, 1.165) is 28.7 Å². The molecule has 0 atom stereocenters. The fraction of sp³-hybridized carbons (Fsp3) is 0.500. The van der Waals surface area contributed by atoms with Gasteiger partial charge in [0.1, 0.15) is 0 Å². The van der Waals surface area contributed by atoms with E-state index in [1.807, 2.05) is 32.9 Å². The van der Waals surface area contributed by atoms with Crippen LogP contribution in [0.25, 0.3) is 0 Å². The first-order chi connectivity index (χ1) is 8.10. The molecule has 0 bridgehead atoms. The van der Waals surface area contributed by atoms with Gasteiger partial charge in [0.25, 0.3) is 0 Å². The highest BCUT2D eigenvalue weighted by Gasteiger charge is 2.11. The van der Waals surface area contributed by atoms with Gasteiger partial charge in [-0.2, -0.15) is 0 Å². The summed E-state index contributed by atoms with van der Waals surface area (Å²) in [5.74, 6) is 0.0968. The number of Topliss-reactive ketones (excluding diaryl/α,β-unsaturated/α-hetero) is 1. The van der Waals surface area contributed by atoms with E-state index in [4.69, 9.17) is 11.5 Å². The van der Waals surface area contributed by atoms with E-state index in [1.54, 1.807) is 6.92 Å². The molecule has 0 aromatic heterocycles. The number of carbonyl (C=O) groups is 1. The van der Waals surface area contributed by atoms with Crippen LogP contribution in [0, 0.1) is 6.92 Å². The molecule has 0 radical (unpaired) electrons. The summed E-state index contributed by atoms with van der Waals surface area (Å²) < 4.78 is 0. The maximum absolute atomic E-state index is 11.5. The number of aryl methyl sites for hydroxylation is 1. The van der Waals surface area contributed by atoms with E-state index in [-0.39, 0.29) is 5.78 Å². The second kappa shape index (κ2) is 7.98. The van der Waals surface area contributed by atoms with Crippen molar-refractivity contribution >= 4 is 5.78 Å². The molecule has 1 aromatic carbocycles. The Labute approximate surface area is 104 Å². The molecule has 0 amide bonds. The lowest BCUT2D eigenvalue weighted by atomic mass is 9.94. The highest BCUT2D eigenvalue weighted by Crippen LogP contribution is 2.18. The summed E-state index contributed by atoms with van der Waals surface area (Å²) in [4.78, 5) is 11.5. The number of benzene rings is 1. The summed E-state index contributed by atoms with van der Waals surface area (Å²) in [6.07, 6.45) is 0.726. The minimum Gasteiger partial charge on any atom is -0.330 e. The molecule has 1 rings (SSSR count). The van der Waals surface area contributed by atoms with E-state index >= 15 is 0 Å². The zero-order chi connectivity index (χ0) is 13.4. The van der Waals surface area contributed by atoms with E-state index in [9.17, 15) is 4.79 Å². The molecule has 0 fully saturated rings. The Balaban J connectivity index is 0.00000121. The molecule has 3 nitrogen and oxygen atoms in total. The molecule has 0 aliphatic rings. The van der Waals surface area contributed by atoms with Crippen LogP contribution in [0.2, 0.25) is 0 Å². The van der Waals surface area contributed by atoms with Gasteiger partial charge in [-0.25, -0.2) is 0 Å². The zero-order valence-corrected chi connectivity index (χ0v) is 11.3. The van der Waals surface area contributed by atoms with Crippen molar-refractivity contribution in [2.75, 3.05) is 6.54 Å². The molecule has 0 heterocycles. The highest BCUT2D eigenvalue weighted by molar-refractivity contribution is 5.97. The molecule has 0 aliphatic carbocycles. The number of nitrogens with two attached hydrogens (primary N) is 2. The first kappa shape index (κ1) is 15.8. The van der Waals surface area contributed by atoms with Crippen molar-refractivity contribution in [3.8, 4) is 0 Å². The van der Waals surface area contributed by atoms with Crippen molar-refractivity contribution in [1.82, 2.24) is 0 Å². The van der Waals surface area contributed by atoms with Crippen molar-refractivity contribution in [3.63, 3.8) is 0 Å². The van der Waals surface area contributed by atoms with Gasteiger partial charge in [0, 0.05) is 12.1 Å². The van der Waals surface area contributed by atoms with Gasteiger partial charge in [-0.3, -0.25) is 4.79 Å². The average molecular weight is 236 g/mol. The Bertz CT molecular complexity index is 373. The lowest BCUT2D eigenvalue weighted by molar-refractivity contribution is 0.101. The molecule has 4 N–H and O–H groups in total. The first-order valence-corrected chi connectivity index (χ1v) is 6.13. The van der Waals surface area contributed by atoms with Crippen molar-refractivity contribution < 1.29 is 4.79 Å². The molecule has 0 unspecified atom stereocenters. The van der Waals surface area contributed by atoms with Crippen molar-refractivity contribution in [3.05, 3.63) is 34.4 Å². The molecule has 0 spiro atoms. The lowest BCUT2D eigenvalue weighted by Crippen LogP contribution is -2.11. The number of hydrogen-bond donors (Lipinski definition) is 2. The fourth-order valence-electron chi connectivity index (χ4n) is 1.92. The third-order valence-corrected chi connectivity index (χ3v) is 2.48. The third-order valence-electron chi connectivity index (χ3n) is 2.48. The Hall–Kier alpha value is -1.19. The molecule has 0 saturated heterocycles. The molecule has 17 heavy (non-hydrogen) atoms. The van der Waals surface area contributed by atoms with Gasteiger partial charge >= 0.3 is 0 Å². The number of rotatable bonds is 4. The van der Waals surface area contributed by atoms with Crippen LogP contribution < -0.4 is 11.5 Å². The van der Waals surface area contributed by atoms with Crippen LogP contribution in [0.1, 0.15) is 47.8 Å². The van der Waals surface area contributed by atoms with Gasteiger partial charge in [0.2, 0.25) is 0 Å². The van der Waals surface area contributed by atoms with Crippen molar-refractivity contribution in [1.29, 1.82) is 0 Å². The second-order valence-electron chi connectivity index (χ2n) is 3.75. The van der Waals surface area contributed by atoms with Gasteiger partial charge in [0.15, 0.2) is 5.78 Å². The fourth-order valence-corrected chi connectivity index (χ4v) is 1.92. The van der Waals surface area contributed by atoms with Crippen LogP contribution in [0.15, 0.2) is 12.1 Å². The van der Waals surface area contributed by atoms with Crippen LogP contribution >= 0.6 is 0 Å². The average Bonchev–Trinajstić information content (AvgIpc) is 2.30. The van der Waals surface area contributed by atoms with Crippen LogP contribution in [-0.2, 0) is 13.0 Å². The second-order valence-corrected chi connectivity index (χ2v) is 3.75. The third kappa shape index (κ3) is 4.29. The molecule has 3 heteroatoms. The van der Waals surface area contributed by atoms with E-state index in [1.165, 1.54) is 0 Å². The van der Waals surface area contributed by atoms with Gasteiger partial charge in [-0.15, -0.1) is 0 Å². The number of carbonyl (C=O) groups excluding carboxylic acids is 1. The number of hydrogen-bond acceptors (Lipinski definition) is 3. The van der Waals surface area contributed by atoms with Gasteiger partial charge < -0.3 is 11.5 Å². The molecule has 1 aromatic rings. The predicted octanol–water partition coefficient (Wildman–Crippen LogP) is 2.18. The normalized spacial score (nSPS) is 9.53. The Kier molecular flexibility index (Phi) is 7.42. The molecule has 96 valence electrons. The minimum atomic E-state index is 0.0968. The van der Waals surface area contributed by atoms with E-state index < -0.39 is 0 Å². The maximum atomic E-state index is 11.5. The summed E-state index contributed by atoms with van der Waals surface area (Å²) in [6.45, 7) is 8.57. The van der Waals surface area contributed by atoms with Gasteiger partial charge in [0.05, 0.1) is 0 Å². The summed E-state index contributed by atoms with van der Waals surface area (Å²) in [5.41, 5.74) is 15.0. The lowest BCUT2D eigenvalue weighted by Gasteiger charge is -2.11. The van der Waals surface area contributed by atoms with Crippen molar-refractivity contribution in [2.24, 2.45) is 11.5 Å². The maximum Gasteiger partial charge on any atom is 0.160 e. The highest BCUT2D eigenvalue weighted by atomic mass is 16.1. The van der Waals surface area contributed by atoms with Crippen LogP contribution in [0.4, 0.5) is 0 Å². The predicted molar refractivity (Wildman–Crippen MR) is 73.2 cm³/mol. The molecule has 0 saturated carbocycles. The Morgan fingerprint density at radius 3 is 2.24 bits per heavy atom. The quantitative estimate of drug-likeness (QED) is 0.787. The smallest absolute Gasteiger partial charge is 0.160 e. The molecule has 0 aliphatic heterocycles. The summed E-state index contributed by atoms with van der Waals surface area (Å²) in [5, 5.41) is 0. The van der Waals surface area contributed by atoms with E-state index in [2.05, 4.69) is 0 Å². The SMILES string of the molecule is CC.CC(=O)c1c(C)cc(CN)cc1CCN. The summed E-state index contributed by atoms with van der Waals surface area (Å²) in [6, 6.07) is 3.95. The minimum absolute atomic E-state index is 0.0968. The summed E-state index contributed by atoms with van der Waals surface area (Å²) in [7, 11) is 0. The largest absolute Gasteiger partial charge is 0.330 e. The molecular weight excluding hydrogens is 212 g/mol. The Morgan fingerprint density at radius 1 is 1.24 bits per heavy atom. The van der Waals surface area contributed by atoms with Crippen LogP contribution in [0.3, 0.4) is 0 Å². The summed E-state index contributed by atoms with van der Waals surface area (Å²) >= 11 is 0. The molecular formula is C14H24N2O. The first-order valence-electron chi connectivity index (χ1n) is 6.13. The monoisotopic (exact) mass is 236 g/mol. The van der Waals surface area contributed by atoms with Gasteiger partial charge in [-0.1, -0.05) is 26.0 Å². The number of ketones is 1. The zero-order valence-electron chi connectivity index (χ0n) is 11.3. The van der Waals surface area contributed by atoms with Crippen molar-refractivity contribution in [2.45, 2.75) is 40.7 Å². The van der Waals surface area contributed by atoms with E-state index in [0.29, 0.717) is 13.1 Å². The van der Waals surface area contributed by atoms with Crippen LogP contribution in [-0.4, -0.2) is 12.3 Å². The van der Waals surface area contributed by atoms with Crippen LogP contribution in [0.5, 0.6) is 0 Å². The standard InChI is InChI=1S/C12H18N2O.C2H6/c1-8-5-10(7-14)6-11(3-4-13)12(8)9(2)15;1-2/h5-6H,3-4,7,13-14H2,1-2H3;1-2H3. The van der Waals surface area contributed by atoms with Gasteiger partial charge in [-0.05, 0) is 43.5 Å². The topological polar surface area (TPSA) is 69.1 Å².